The van der Waals surface area contributed by atoms with Crippen molar-refractivity contribution < 1.29 is 19.4 Å². The Balaban J connectivity index is 2.06. The molecule has 0 aliphatic carbocycles. The second-order valence-corrected chi connectivity index (χ2v) is 5.32. The molecule has 0 spiro atoms. The predicted molar refractivity (Wildman–Crippen MR) is 62.3 cm³/mol. The lowest BCUT2D eigenvalue weighted by Gasteiger charge is -2.47. The van der Waals surface area contributed by atoms with E-state index in [9.17, 15) is 14.7 Å². The van der Waals surface area contributed by atoms with E-state index in [4.69, 9.17) is 4.74 Å². The number of nitrogens with zero attached hydrogens (tertiary/aromatic N) is 1. The van der Waals surface area contributed by atoms with Gasteiger partial charge in [-0.1, -0.05) is 0 Å². The van der Waals surface area contributed by atoms with Crippen molar-refractivity contribution in [2.24, 2.45) is 5.92 Å². The molecule has 1 fully saturated rings. The summed E-state index contributed by atoms with van der Waals surface area (Å²) in [7, 11) is 0. The van der Waals surface area contributed by atoms with Gasteiger partial charge in [0.25, 0.3) is 5.91 Å². The summed E-state index contributed by atoms with van der Waals surface area (Å²) in [6.07, 6.45) is 2.65. The van der Waals surface area contributed by atoms with Crippen molar-refractivity contribution in [3.8, 4) is 0 Å². The molecule has 0 aromatic rings. The molecule has 0 aromatic heterocycles. The summed E-state index contributed by atoms with van der Waals surface area (Å²) in [6, 6.07) is 0. The minimum absolute atomic E-state index is 0.0700. The smallest absolute Gasteiger partial charge is 0.266 e. The molecule has 3 aliphatic heterocycles. The number of ketones is 1. The Morgan fingerprint density at radius 1 is 1.56 bits per heavy atom. The summed E-state index contributed by atoms with van der Waals surface area (Å²) in [6.45, 7) is 2.48. The number of carbonyl (C=O) groups is 2. The highest BCUT2D eigenvalue weighted by atomic mass is 16.5. The monoisotopic (exact) mass is 251 g/mol. The van der Waals surface area contributed by atoms with Crippen LogP contribution in [0.15, 0.2) is 11.5 Å². The normalized spacial score (nSPS) is 35.1. The molecule has 1 amide bonds. The zero-order valence-corrected chi connectivity index (χ0v) is 10.4. The number of rotatable bonds is 1. The van der Waals surface area contributed by atoms with Crippen LogP contribution in [0.4, 0.5) is 0 Å². The third-order valence-corrected chi connectivity index (χ3v) is 4.21. The summed E-state index contributed by atoms with van der Waals surface area (Å²) in [5, 5.41) is 10.4. The van der Waals surface area contributed by atoms with Gasteiger partial charge in [0.2, 0.25) is 5.60 Å². The molecular formula is C13H17NO4. The number of hydrogen-bond acceptors (Lipinski definition) is 4. The molecule has 0 radical (unpaired) electrons. The lowest BCUT2D eigenvalue weighted by atomic mass is 9.76. The highest BCUT2D eigenvalue weighted by Gasteiger charge is 2.53. The van der Waals surface area contributed by atoms with E-state index in [1.54, 1.807) is 4.90 Å². The van der Waals surface area contributed by atoms with Crippen LogP contribution >= 0.6 is 0 Å². The zero-order valence-electron chi connectivity index (χ0n) is 10.4. The second kappa shape index (κ2) is 3.82. The van der Waals surface area contributed by atoms with E-state index in [0.29, 0.717) is 13.2 Å². The first kappa shape index (κ1) is 11.7. The van der Waals surface area contributed by atoms with Gasteiger partial charge in [0.1, 0.15) is 5.76 Å². The van der Waals surface area contributed by atoms with E-state index in [1.807, 2.05) is 0 Å². The molecule has 18 heavy (non-hydrogen) atoms. The van der Waals surface area contributed by atoms with E-state index in [2.05, 4.69) is 0 Å². The molecule has 5 nitrogen and oxygen atoms in total. The molecule has 1 saturated heterocycles. The van der Waals surface area contributed by atoms with Gasteiger partial charge in [0.05, 0.1) is 12.3 Å². The lowest BCUT2D eigenvalue weighted by Crippen LogP contribution is -2.60. The molecule has 0 bridgehead atoms. The fourth-order valence-electron chi connectivity index (χ4n) is 3.22. The van der Waals surface area contributed by atoms with Crippen LogP contribution in [-0.2, 0) is 14.3 Å². The minimum Gasteiger partial charge on any atom is -0.496 e. The largest absolute Gasteiger partial charge is 0.496 e. The molecule has 0 aromatic carbocycles. The number of piperidine rings is 1. The van der Waals surface area contributed by atoms with Crippen molar-refractivity contribution in [1.82, 2.24) is 4.90 Å². The average Bonchev–Trinajstić information content (AvgIpc) is 2.36. The first-order chi connectivity index (χ1) is 8.54. The Labute approximate surface area is 105 Å². The van der Waals surface area contributed by atoms with Gasteiger partial charge in [0.15, 0.2) is 5.78 Å². The first-order valence-corrected chi connectivity index (χ1v) is 6.45. The van der Waals surface area contributed by atoms with Crippen molar-refractivity contribution >= 4 is 11.7 Å². The van der Waals surface area contributed by atoms with Crippen LogP contribution in [0.25, 0.3) is 0 Å². The SMILES string of the molecule is CC(=O)[C@@]1(O)C[C@@H]2CCOC3=C2N(CCC3)C1=O. The zero-order chi connectivity index (χ0) is 12.9. The molecule has 3 heterocycles. The number of ether oxygens (including phenoxy) is 1. The fraction of sp³-hybridized carbons (Fsp3) is 0.692. The van der Waals surface area contributed by atoms with Crippen molar-refractivity contribution in [2.75, 3.05) is 13.2 Å². The highest BCUT2D eigenvalue weighted by molar-refractivity contribution is 6.09. The Hall–Kier alpha value is -1.36. The van der Waals surface area contributed by atoms with Gasteiger partial charge in [-0.15, -0.1) is 0 Å². The number of allylic oxidation sites excluding steroid dienone is 2. The third kappa shape index (κ3) is 1.43. The fourth-order valence-corrected chi connectivity index (χ4v) is 3.22. The van der Waals surface area contributed by atoms with Crippen LogP contribution in [0, 0.1) is 5.92 Å². The summed E-state index contributed by atoms with van der Waals surface area (Å²) in [4.78, 5) is 25.5. The van der Waals surface area contributed by atoms with E-state index in [0.717, 1.165) is 30.7 Å². The van der Waals surface area contributed by atoms with Crippen LogP contribution in [0.2, 0.25) is 0 Å². The van der Waals surface area contributed by atoms with E-state index in [1.165, 1.54) is 6.92 Å². The Morgan fingerprint density at radius 3 is 3.06 bits per heavy atom. The van der Waals surface area contributed by atoms with Crippen LogP contribution in [0.5, 0.6) is 0 Å². The van der Waals surface area contributed by atoms with Gasteiger partial charge in [-0.25, -0.2) is 0 Å². The predicted octanol–water partition coefficient (Wildman–Crippen LogP) is 0.581. The number of Topliss-reactive ketones (excluding diaryl/α,β-unsaturated/α-hetero) is 1. The van der Waals surface area contributed by atoms with Crippen molar-refractivity contribution in [3.63, 3.8) is 0 Å². The van der Waals surface area contributed by atoms with Crippen LogP contribution in [-0.4, -0.2) is 40.4 Å². The van der Waals surface area contributed by atoms with Crippen LogP contribution in [0.1, 0.15) is 32.6 Å². The van der Waals surface area contributed by atoms with Crippen molar-refractivity contribution in [3.05, 3.63) is 11.5 Å². The minimum atomic E-state index is -1.83. The maximum absolute atomic E-state index is 12.3. The topological polar surface area (TPSA) is 66.8 Å². The van der Waals surface area contributed by atoms with Crippen molar-refractivity contribution in [1.29, 1.82) is 0 Å². The van der Waals surface area contributed by atoms with Gasteiger partial charge < -0.3 is 14.7 Å². The van der Waals surface area contributed by atoms with Crippen molar-refractivity contribution in [2.45, 2.75) is 38.2 Å². The molecule has 0 saturated carbocycles. The van der Waals surface area contributed by atoms with Crippen LogP contribution < -0.4 is 0 Å². The second-order valence-electron chi connectivity index (χ2n) is 5.32. The third-order valence-electron chi connectivity index (χ3n) is 4.21. The molecular weight excluding hydrogens is 234 g/mol. The Kier molecular flexibility index (Phi) is 2.48. The Morgan fingerprint density at radius 2 is 2.33 bits per heavy atom. The quantitative estimate of drug-likeness (QED) is 0.692. The van der Waals surface area contributed by atoms with Gasteiger partial charge in [0, 0.05) is 25.3 Å². The van der Waals surface area contributed by atoms with E-state index in [-0.39, 0.29) is 12.3 Å². The highest BCUT2D eigenvalue weighted by Crippen LogP contribution is 2.43. The molecule has 3 rings (SSSR count). The molecule has 5 heteroatoms. The number of aliphatic hydroxyl groups is 1. The molecule has 0 unspecified atom stereocenters. The van der Waals surface area contributed by atoms with Gasteiger partial charge >= 0.3 is 0 Å². The average molecular weight is 251 g/mol. The number of amides is 1. The molecule has 98 valence electrons. The maximum Gasteiger partial charge on any atom is 0.266 e. The number of carbonyl (C=O) groups excluding carboxylic acids is 2. The Bertz CT molecular complexity index is 452. The summed E-state index contributed by atoms with van der Waals surface area (Å²) < 4.78 is 5.61. The summed E-state index contributed by atoms with van der Waals surface area (Å²) in [5.74, 6) is 0.0335. The van der Waals surface area contributed by atoms with Gasteiger partial charge in [-0.3, -0.25) is 9.59 Å². The molecule has 3 aliphatic rings. The maximum atomic E-state index is 12.3. The van der Waals surface area contributed by atoms with E-state index >= 15 is 0 Å². The molecule has 2 atom stereocenters. The van der Waals surface area contributed by atoms with Gasteiger partial charge in [-0.2, -0.15) is 0 Å². The summed E-state index contributed by atoms with van der Waals surface area (Å²) >= 11 is 0. The van der Waals surface area contributed by atoms with Crippen LogP contribution in [0.3, 0.4) is 0 Å². The summed E-state index contributed by atoms with van der Waals surface area (Å²) in [5.41, 5.74) is -0.906. The van der Waals surface area contributed by atoms with E-state index < -0.39 is 17.3 Å². The first-order valence-electron chi connectivity index (χ1n) is 6.45. The molecule has 1 N–H and O–H groups in total. The lowest BCUT2D eigenvalue weighted by molar-refractivity contribution is -0.165. The van der Waals surface area contributed by atoms with Gasteiger partial charge in [-0.05, 0) is 19.8 Å². The standard InChI is InChI=1S/C13H17NO4/c1-8(15)13(17)7-9-4-6-18-10-3-2-5-14(11(9)10)12(13)16/h9,17H,2-7H2,1H3/t9-,13-/m0/s1. The number of hydrogen-bond donors (Lipinski definition) is 1.